The molecule has 1 fully saturated rings. The summed E-state index contributed by atoms with van der Waals surface area (Å²) in [7, 11) is 1.49. The first-order chi connectivity index (χ1) is 17.8. The highest BCUT2D eigenvalue weighted by Gasteiger charge is 2.37. The molecule has 2 amide bonds. The third kappa shape index (κ3) is 6.25. The number of hydrogen-bond acceptors (Lipinski definition) is 5. The van der Waals surface area contributed by atoms with Gasteiger partial charge in [0.15, 0.2) is 0 Å². The molecule has 0 spiro atoms. The minimum absolute atomic E-state index is 0.0861. The van der Waals surface area contributed by atoms with Gasteiger partial charge in [-0.2, -0.15) is 13.2 Å². The zero-order chi connectivity index (χ0) is 26.4. The van der Waals surface area contributed by atoms with Gasteiger partial charge in [0.05, 0.1) is 18.9 Å². The zero-order valence-corrected chi connectivity index (χ0v) is 20.2. The van der Waals surface area contributed by atoms with Gasteiger partial charge in [0.25, 0.3) is 5.91 Å². The van der Waals surface area contributed by atoms with Gasteiger partial charge in [-0.25, -0.2) is 4.98 Å². The van der Waals surface area contributed by atoms with Crippen molar-refractivity contribution in [1.29, 1.82) is 0 Å². The summed E-state index contributed by atoms with van der Waals surface area (Å²) in [5, 5.41) is 3.03. The first kappa shape index (κ1) is 26.1. The number of halogens is 3. The van der Waals surface area contributed by atoms with Gasteiger partial charge in [0.1, 0.15) is 17.5 Å². The largest absolute Gasteiger partial charge is 0.497 e. The Morgan fingerprint density at radius 1 is 1.05 bits per heavy atom. The van der Waals surface area contributed by atoms with E-state index in [-0.39, 0.29) is 17.4 Å². The summed E-state index contributed by atoms with van der Waals surface area (Å²) in [5.41, 5.74) is -0.735. The number of hydrogen-bond donors (Lipinski definition) is 1. The Balaban J connectivity index is 1.84. The molecule has 2 aromatic carbocycles. The molecule has 0 aliphatic heterocycles. The van der Waals surface area contributed by atoms with Gasteiger partial charge < -0.3 is 10.1 Å². The molecular weight excluding hydrogens is 485 g/mol. The van der Waals surface area contributed by atoms with E-state index >= 15 is 0 Å². The second-order valence-electron chi connectivity index (χ2n) is 8.83. The van der Waals surface area contributed by atoms with Crippen molar-refractivity contribution in [1.82, 2.24) is 15.3 Å². The summed E-state index contributed by atoms with van der Waals surface area (Å²) in [6.07, 6.45) is 3.86. The second-order valence-corrected chi connectivity index (χ2v) is 8.83. The van der Waals surface area contributed by atoms with E-state index in [9.17, 15) is 22.8 Å². The van der Waals surface area contributed by atoms with Gasteiger partial charge in [0, 0.05) is 24.1 Å². The van der Waals surface area contributed by atoms with Crippen molar-refractivity contribution in [2.75, 3.05) is 12.0 Å². The third-order valence-electron chi connectivity index (χ3n) is 6.34. The predicted molar refractivity (Wildman–Crippen MR) is 131 cm³/mol. The van der Waals surface area contributed by atoms with Crippen molar-refractivity contribution in [3.63, 3.8) is 0 Å². The number of benzene rings is 2. The van der Waals surface area contributed by atoms with Gasteiger partial charge in [0.2, 0.25) is 5.91 Å². The Hall–Kier alpha value is -3.95. The fourth-order valence-corrected chi connectivity index (χ4v) is 4.48. The maximum absolute atomic E-state index is 13.8. The molecule has 3 aromatic rings. The topological polar surface area (TPSA) is 84.4 Å². The molecule has 0 bridgehead atoms. The number of aromatic nitrogens is 2. The summed E-state index contributed by atoms with van der Waals surface area (Å²) < 4.78 is 46.1. The number of ether oxygens (including phenoxy) is 1. The van der Waals surface area contributed by atoms with E-state index in [4.69, 9.17) is 4.74 Å². The van der Waals surface area contributed by atoms with Crippen molar-refractivity contribution in [2.24, 2.45) is 0 Å². The average molecular weight is 513 g/mol. The molecule has 1 N–H and O–H groups in total. The molecule has 194 valence electrons. The Kier molecular flexibility index (Phi) is 8.05. The summed E-state index contributed by atoms with van der Waals surface area (Å²) in [4.78, 5) is 36.6. The quantitative estimate of drug-likeness (QED) is 0.462. The van der Waals surface area contributed by atoms with E-state index in [1.54, 1.807) is 24.3 Å². The van der Waals surface area contributed by atoms with Crippen molar-refractivity contribution >= 4 is 17.5 Å². The predicted octanol–water partition coefficient (Wildman–Crippen LogP) is 5.34. The number of amides is 2. The lowest BCUT2D eigenvalue weighted by Gasteiger charge is -2.33. The Morgan fingerprint density at radius 3 is 2.41 bits per heavy atom. The first-order valence-electron chi connectivity index (χ1n) is 12.0. The lowest BCUT2D eigenvalue weighted by molar-refractivity contribution is -0.137. The number of nitrogens with one attached hydrogen (secondary N) is 1. The third-order valence-corrected chi connectivity index (χ3v) is 6.34. The summed E-state index contributed by atoms with van der Waals surface area (Å²) >= 11 is 0. The highest BCUT2D eigenvalue weighted by molar-refractivity contribution is 6.09. The molecule has 1 atom stereocenters. The van der Waals surface area contributed by atoms with Crippen LogP contribution in [0.2, 0.25) is 0 Å². The van der Waals surface area contributed by atoms with Crippen LogP contribution in [0.4, 0.5) is 18.9 Å². The van der Waals surface area contributed by atoms with Crippen LogP contribution in [-0.2, 0) is 11.0 Å². The lowest BCUT2D eigenvalue weighted by atomic mass is 9.94. The summed E-state index contributed by atoms with van der Waals surface area (Å²) in [6, 6.07) is 9.50. The van der Waals surface area contributed by atoms with Crippen molar-refractivity contribution in [3.05, 3.63) is 83.9 Å². The number of carbonyl (C=O) groups is 2. The molecule has 0 saturated heterocycles. The molecule has 0 unspecified atom stereocenters. The van der Waals surface area contributed by atoms with E-state index in [1.165, 1.54) is 37.8 Å². The minimum atomic E-state index is -4.64. The highest BCUT2D eigenvalue weighted by Crippen LogP contribution is 2.36. The molecule has 1 saturated carbocycles. The molecule has 1 aliphatic carbocycles. The minimum Gasteiger partial charge on any atom is -0.497 e. The molecule has 1 aliphatic rings. The molecule has 0 radical (unpaired) electrons. The van der Waals surface area contributed by atoms with E-state index in [0.717, 1.165) is 49.1 Å². The number of alkyl halides is 3. The Labute approximate surface area is 212 Å². The maximum Gasteiger partial charge on any atom is 0.416 e. The number of carbonyl (C=O) groups excluding carboxylic acids is 2. The van der Waals surface area contributed by atoms with E-state index in [2.05, 4.69) is 15.3 Å². The summed E-state index contributed by atoms with van der Waals surface area (Å²) in [6.45, 7) is 0. The van der Waals surface area contributed by atoms with Gasteiger partial charge in [-0.3, -0.25) is 19.5 Å². The van der Waals surface area contributed by atoms with Crippen LogP contribution >= 0.6 is 0 Å². The number of rotatable bonds is 7. The summed E-state index contributed by atoms with van der Waals surface area (Å²) in [5.74, 6) is -0.722. The number of methoxy groups -OCH3 is 1. The first-order valence-corrected chi connectivity index (χ1v) is 12.0. The Bertz CT molecular complexity index is 1210. The normalized spacial score (nSPS) is 15.0. The Morgan fingerprint density at radius 2 is 1.78 bits per heavy atom. The average Bonchev–Trinajstić information content (AvgIpc) is 2.92. The number of nitrogens with zero attached hydrogens (tertiary/aromatic N) is 3. The van der Waals surface area contributed by atoms with E-state index in [0.29, 0.717) is 11.3 Å². The fourth-order valence-electron chi connectivity index (χ4n) is 4.48. The maximum atomic E-state index is 13.8. The van der Waals surface area contributed by atoms with Crippen molar-refractivity contribution in [2.45, 2.75) is 50.4 Å². The van der Waals surface area contributed by atoms with Gasteiger partial charge in [-0.15, -0.1) is 0 Å². The van der Waals surface area contributed by atoms with Gasteiger partial charge in [-0.1, -0.05) is 37.5 Å². The highest BCUT2D eigenvalue weighted by atomic mass is 19.4. The fraction of sp³-hybridized carbons (Fsp3) is 0.333. The zero-order valence-electron chi connectivity index (χ0n) is 20.2. The molecular formula is C27H27F3N4O3. The van der Waals surface area contributed by atoms with Crippen molar-refractivity contribution < 1.29 is 27.5 Å². The monoisotopic (exact) mass is 512 g/mol. The van der Waals surface area contributed by atoms with E-state index < -0.39 is 29.6 Å². The van der Waals surface area contributed by atoms with Crippen LogP contribution in [0.15, 0.2) is 67.1 Å². The molecule has 37 heavy (non-hydrogen) atoms. The van der Waals surface area contributed by atoms with Gasteiger partial charge in [-0.05, 0) is 48.7 Å². The van der Waals surface area contributed by atoms with Crippen LogP contribution in [0.3, 0.4) is 0 Å². The van der Waals surface area contributed by atoms with Gasteiger partial charge >= 0.3 is 6.18 Å². The smallest absolute Gasteiger partial charge is 0.416 e. The standard InChI is InChI=1S/C27H27F3N4O3/c1-37-22-12-10-18(11-13-22)24(25(35)33-20-7-3-2-4-8-20)34(26(36)23-17-31-14-15-32-23)21-9-5-6-19(16-21)27(28,29)30/h5-6,9-17,20,24H,2-4,7-8H2,1H3,(H,33,35)/t24-/m0/s1. The van der Waals surface area contributed by atoms with Crippen LogP contribution in [0.25, 0.3) is 0 Å². The van der Waals surface area contributed by atoms with Crippen LogP contribution in [-0.4, -0.2) is 34.9 Å². The molecule has 7 nitrogen and oxygen atoms in total. The SMILES string of the molecule is COc1ccc([C@@H](C(=O)NC2CCCCC2)N(C(=O)c2cnccn2)c2cccc(C(F)(F)F)c2)cc1. The molecule has 1 heterocycles. The second kappa shape index (κ2) is 11.4. The van der Waals surface area contributed by atoms with Crippen LogP contribution in [0, 0.1) is 0 Å². The van der Waals surface area contributed by atoms with Crippen LogP contribution in [0.1, 0.15) is 59.8 Å². The van der Waals surface area contributed by atoms with Crippen LogP contribution < -0.4 is 15.0 Å². The van der Waals surface area contributed by atoms with Crippen molar-refractivity contribution in [3.8, 4) is 5.75 Å². The van der Waals surface area contributed by atoms with E-state index in [1.807, 2.05) is 0 Å². The number of anilines is 1. The lowest BCUT2D eigenvalue weighted by Crippen LogP contribution is -2.47. The molecule has 10 heteroatoms. The molecule has 1 aromatic heterocycles. The van der Waals surface area contributed by atoms with Crippen LogP contribution in [0.5, 0.6) is 5.75 Å². The molecule has 4 rings (SSSR count).